The smallest absolute Gasteiger partial charge is 0.298 e. The molecule has 0 aliphatic carbocycles. The van der Waals surface area contributed by atoms with Gasteiger partial charge in [-0.25, -0.2) is 4.90 Å². The zero-order chi connectivity index (χ0) is 22.0. The quantitative estimate of drug-likeness (QED) is 0.438. The Hall–Kier alpha value is -3.31. The number of rotatable bonds is 5. The van der Waals surface area contributed by atoms with Crippen LogP contribution in [0.15, 0.2) is 71.6 Å². The molecule has 3 aromatic carbocycles. The van der Waals surface area contributed by atoms with E-state index < -0.39 is 0 Å². The molecule has 1 aliphatic heterocycles. The first-order valence-corrected chi connectivity index (χ1v) is 10.9. The summed E-state index contributed by atoms with van der Waals surface area (Å²) in [7, 11) is 0. The van der Waals surface area contributed by atoms with Gasteiger partial charge in [0.25, 0.3) is 11.1 Å². The van der Waals surface area contributed by atoms with E-state index in [0.29, 0.717) is 22.9 Å². The SMILES string of the molecule is Cc1ccc(COc2cccc(/C=C3\SC(=O)N(c4cccc(C)c4C)C3=O)c2)cc1. The van der Waals surface area contributed by atoms with E-state index in [1.165, 1.54) is 10.5 Å². The first-order valence-electron chi connectivity index (χ1n) is 10.0. The summed E-state index contributed by atoms with van der Waals surface area (Å²) in [6.07, 6.45) is 1.74. The van der Waals surface area contributed by atoms with Crippen LogP contribution in [0.1, 0.15) is 27.8 Å². The molecule has 1 heterocycles. The summed E-state index contributed by atoms with van der Waals surface area (Å²) in [4.78, 5) is 27.3. The number of hydrogen-bond donors (Lipinski definition) is 0. The summed E-state index contributed by atoms with van der Waals surface area (Å²) >= 11 is 0.961. The van der Waals surface area contributed by atoms with Gasteiger partial charge in [0, 0.05) is 0 Å². The number of carbonyl (C=O) groups is 2. The van der Waals surface area contributed by atoms with Gasteiger partial charge in [-0.15, -0.1) is 0 Å². The Morgan fingerprint density at radius 2 is 1.68 bits per heavy atom. The number of nitrogens with zero attached hydrogens (tertiary/aromatic N) is 1. The third kappa shape index (κ3) is 4.57. The van der Waals surface area contributed by atoms with Gasteiger partial charge in [-0.1, -0.05) is 54.1 Å². The van der Waals surface area contributed by atoms with Crippen LogP contribution in [-0.4, -0.2) is 11.1 Å². The van der Waals surface area contributed by atoms with E-state index in [-0.39, 0.29) is 11.1 Å². The molecule has 156 valence electrons. The summed E-state index contributed by atoms with van der Waals surface area (Å²) < 4.78 is 5.91. The van der Waals surface area contributed by atoms with Crippen LogP contribution in [0.2, 0.25) is 0 Å². The topological polar surface area (TPSA) is 46.6 Å². The minimum absolute atomic E-state index is 0.281. The van der Waals surface area contributed by atoms with E-state index in [4.69, 9.17) is 4.74 Å². The fraction of sp³-hybridized carbons (Fsp3) is 0.154. The summed E-state index contributed by atoms with van der Waals surface area (Å²) in [5.74, 6) is 0.415. The van der Waals surface area contributed by atoms with E-state index in [9.17, 15) is 9.59 Å². The van der Waals surface area contributed by atoms with E-state index in [1.807, 2.05) is 62.4 Å². The predicted molar refractivity (Wildman–Crippen MR) is 126 cm³/mol. The summed E-state index contributed by atoms with van der Waals surface area (Å²) in [6.45, 7) is 6.41. The number of anilines is 1. The van der Waals surface area contributed by atoms with E-state index in [0.717, 1.165) is 34.0 Å². The standard InChI is InChI=1S/C26H23NO3S/c1-17-10-12-20(13-11-17)16-30-22-8-5-7-21(14-22)15-24-25(28)27(26(29)31-24)23-9-4-6-18(2)19(23)3/h4-15H,16H2,1-3H3/b24-15-. The lowest BCUT2D eigenvalue weighted by Crippen LogP contribution is -2.28. The van der Waals surface area contributed by atoms with Crippen molar-refractivity contribution < 1.29 is 14.3 Å². The Balaban J connectivity index is 1.53. The molecular formula is C26H23NO3S. The number of hydrogen-bond acceptors (Lipinski definition) is 4. The fourth-order valence-corrected chi connectivity index (χ4v) is 4.18. The first-order chi connectivity index (χ1) is 14.9. The molecule has 0 unspecified atom stereocenters. The van der Waals surface area contributed by atoms with Crippen LogP contribution in [0.4, 0.5) is 10.5 Å². The van der Waals surface area contributed by atoms with Crippen molar-refractivity contribution in [3.63, 3.8) is 0 Å². The van der Waals surface area contributed by atoms with Crippen LogP contribution in [0.25, 0.3) is 6.08 Å². The number of benzene rings is 3. The Labute approximate surface area is 186 Å². The molecule has 0 radical (unpaired) electrons. The largest absolute Gasteiger partial charge is 0.489 e. The molecule has 0 atom stereocenters. The Morgan fingerprint density at radius 1 is 0.935 bits per heavy atom. The van der Waals surface area contributed by atoms with Gasteiger partial charge in [0.15, 0.2) is 0 Å². The van der Waals surface area contributed by atoms with Gasteiger partial charge in [-0.05, 0) is 79.1 Å². The maximum absolute atomic E-state index is 13.0. The number of carbonyl (C=O) groups excluding carboxylic acids is 2. The van der Waals surface area contributed by atoms with Crippen molar-refractivity contribution in [1.82, 2.24) is 0 Å². The lowest BCUT2D eigenvalue weighted by Gasteiger charge is -2.16. The minimum atomic E-state index is -0.297. The van der Waals surface area contributed by atoms with Crippen molar-refractivity contribution in [2.24, 2.45) is 0 Å². The molecule has 1 aliphatic rings. The van der Waals surface area contributed by atoms with Gasteiger partial charge in [0.05, 0.1) is 10.6 Å². The number of imide groups is 1. The first kappa shape index (κ1) is 20.9. The van der Waals surface area contributed by atoms with Gasteiger partial charge >= 0.3 is 0 Å². The molecule has 1 saturated heterocycles. The zero-order valence-electron chi connectivity index (χ0n) is 17.7. The van der Waals surface area contributed by atoms with Crippen LogP contribution < -0.4 is 9.64 Å². The van der Waals surface area contributed by atoms with E-state index in [2.05, 4.69) is 19.1 Å². The highest BCUT2D eigenvalue weighted by molar-refractivity contribution is 8.19. The van der Waals surface area contributed by atoms with Crippen molar-refractivity contribution in [3.05, 3.63) is 99.5 Å². The molecule has 0 N–H and O–H groups in total. The minimum Gasteiger partial charge on any atom is -0.489 e. The maximum atomic E-state index is 13.0. The molecule has 5 heteroatoms. The van der Waals surface area contributed by atoms with Crippen molar-refractivity contribution in [1.29, 1.82) is 0 Å². The summed E-state index contributed by atoms with van der Waals surface area (Å²) in [5, 5.41) is -0.281. The van der Waals surface area contributed by atoms with Gasteiger partial charge in [-0.3, -0.25) is 9.59 Å². The monoisotopic (exact) mass is 429 g/mol. The highest BCUT2D eigenvalue weighted by Crippen LogP contribution is 2.37. The molecule has 2 amide bonds. The number of aryl methyl sites for hydroxylation is 2. The average Bonchev–Trinajstić information content (AvgIpc) is 3.03. The highest BCUT2D eigenvalue weighted by Gasteiger charge is 2.37. The molecule has 1 fully saturated rings. The fourth-order valence-electron chi connectivity index (χ4n) is 3.35. The van der Waals surface area contributed by atoms with Gasteiger partial charge in [-0.2, -0.15) is 0 Å². The predicted octanol–water partition coefficient (Wildman–Crippen LogP) is 6.43. The van der Waals surface area contributed by atoms with Crippen LogP contribution in [0, 0.1) is 20.8 Å². The van der Waals surface area contributed by atoms with Crippen LogP contribution in [-0.2, 0) is 11.4 Å². The molecule has 0 spiro atoms. The summed E-state index contributed by atoms with van der Waals surface area (Å²) in [6, 6.07) is 21.4. The Bertz CT molecular complexity index is 1180. The van der Waals surface area contributed by atoms with Crippen molar-refractivity contribution in [2.45, 2.75) is 27.4 Å². The van der Waals surface area contributed by atoms with E-state index >= 15 is 0 Å². The lowest BCUT2D eigenvalue weighted by atomic mass is 10.1. The molecule has 0 aromatic heterocycles. The Kier molecular flexibility index (Phi) is 5.96. The second-order valence-corrected chi connectivity index (χ2v) is 8.58. The normalized spacial score (nSPS) is 15.1. The second-order valence-electron chi connectivity index (χ2n) is 7.58. The Morgan fingerprint density at radius 3 is 2.45 bits per heavy atom. The molecule has 0 bridgehead atoms. The van der Waals surface area contributed by atoms with Crippen molar-refractivity contribution >= 4 is 34.7 Å². The number of thioether (sulfide) groups is 1. The summed E-state index contributed by atoms with van der Waals surface area (Å²) in [5.41, 5.74) is 5.72. The molecule has 4 rings (SSSR count). The third-order valence-corrected chi connectivity index (χ3v) is 6.16. The molecule has 31 heavy (non-hydrogen) atoms. The lowest BCUT2D eigenvalue weighted by molar-refractivity contribution is -0.113. The van der Waals surface area contributed by atoms with Gasteiger partial charge < -0.3 is 4.74 Å². The van der Waals surface area contributed by atoms with Crippen LogP contribution in [0.5, 0.6) is 5.75 Å². The van der Waals surface area contributed by atoms with Crippen molar-refractivity contribution in [2.75, 3.05) is 4.90 Å². The average molecular weight is 430 g/mol. The second kappa shape index (κ2) is 8.82. The molecular weight excluding hydrogens is 406 g/mol. The van der Waals surface area contributed by atoms with E-state index in [1.54, 1.807) is 12.1 Å². The molecule has 4 nitrogen and oxygen atoms in total. The number of ether oxygens (including phenoxy) is 1. The zero-order valence-corrected chi connectivity index (χ0v) is 18.5. The maximum Gasteiger partial charge on any atom is 0.298 e. The highest BCUT2D eigenvalue weighted by atomic mass is 32.2. The molecule has 0 saturated carbocycles. The molecule has 3 aromatic rings. The van der Waals surface area contributed by atoms with Gasteiger partial charge in [0.2, 0.25) is 0 Å². The van der Waals surface area contributed by atoms with Crippen molar-refractivity contribution in [3.8, 4) is 5.75 Å². The third-order valence-electron chi connectivity index (χ3n) is 5.29. The van der Waals surface area contributed by atoms with Crippen LogP contribution >= 0.6 is 11.8 Å². The number of amides is 2. The van der Waals surface area contributed by atoms with Crippen LogP contribution in [0.3, 0.4) is 0 Å². The van der Waals surface area contributed by atoms with Gasteiger partial charge in [0.1, 0.15) is 12.4 Å².